The number of morpholine rings is 1. The summed E-state index contributed by atoms with van der Waals surface area (Å²) in [6.45, 7) is 9.78. The number of hydrogen-bond donors (Lipinski definition) is 2. The lowest BCUT2D eigenvalue weighted by Crippen LogP contribution is -2.54. The van der Waals surface area contributed by atoms with Gasteiger partial charge in [-0.25, -0.2) is 14.3 Å². The maximum Gasteiger partial charge on any atom is 0.351 e. The first-order chi connectivity index (χ1) is 32.3. The highest BCUT2D eigenvalue weighted by Crippen LogP contribution is 2.57. The van der Waals surface area contributed by atoms with Gasteiger partial charge in [0.05, 0.1) is 46.5 Å². The van der Waals surface area contributed by atoms with E-state index in [9.17, 15) is 19.6 Å². The van der Waals surface area contributed by atoms with E-state index < -0.39 is 55.7 Å². The number of amides is 3. The number of methoxy groups -OCH3 is 2. The summed E-state index contributed by atoms with van der Waals surface area (Å²) >= 11 is 0. The first-order valence-corrected chi connectivity index (χ1v) is 23.3. The number of fused-ring (bicyclic) bond motifs is 2. The van der Waals surface area contributed by atoms with Gasteiger partial charge in [-0.05, 0) is 87.7 Å². The first-order valence-electron chi connectivity index (χ1n) is 22.2. The zero-order valence-electron chi connectivity index (χ0n) is 39.0. The van der Waals surface area contributed by atoms with Crippen molar-refractivity contribution in [3.05, 3.63) is 154 Å². The van der Waals surface area contributed by atoms with Crippen LogP contribution in [0.4, 0.5) is 10.6 Å². The van der Waals surface area contributed by atoms with E-state index in [0.29, 0.717) is 22.6 Å². The molecule has 1 aromatic heterocycles. The maximum absolute atomic E-state index is 14.3. The van der Waals surface area contributed by atoms with Crippen molar-refractivity contribution in [3.8, 4) is 17.6 Å². The van der Waals surface area contributed by atoms with Gasteiger partial charge in [0.15, 0.2) is 6.23 Å². The fraction of sp³-hybridized carbons (Fsp3) is 0.380. The van der Waals surface area contributed by atoms with Gasteiger partial charge in [-0.1, -0.05) is 72.8 Å². The number of carbonyl (C=O) groups is 2. The lowest BCUT2D eigenvalue weighted by Gasteiger charge is -2.42. The molecule has 2 saturated heterocycles. The molecule has 3 heterocycles. The summed E-state index contributed by atoms with van der Waals surface area (Å²) < 4.78 is 43.1. The SMILES string of the molecule is CNC(=O)N1C[C@]2(COC(c3ccccc3)(c3ccc(OC)cc3)c3ccc(OC)cc3)O[C@@H](n3cc(C)c(NC(=O)c4ccccc4)nc3=O)[C@H]1[C@@H]2OP(OCCC#N)N(C(C)C)C(C)C. The Morgan fingerprint density at radius 3 is 2.01 bits per heavy atom. The lowest BCUT2D eigenvalue weighted by atomic mass is 9.79. The standard InChI is InChI=1S/C50H58N7O9P/c1-33(2)57(34(3)4)67(64-29-15-28-51)66-43-42-46(55-30-35(5)44(54-48(55)60)53-45(58)36-16-11-9-12-17-36)65-49(43,31-56(42)47(59)52-6)32-63-50(37-18-13-10-14-19-37,38-20-24-40(61-7)25-21-38)39-22-26-41(62-8)27-23-39/h9-14,16-27,30,33-34,42-43,46H,15,29,31-32H2,1-8H3,(H,52,59)(H,53,54,58,60)/t42-,43+,46-,49-,67?/m1/s1. The molecular formula is C50H58N7O9P. The highest BCUT2D eigenvalue weighted by atomic mass is 31.2. The maximum atomic E-state index is 14.3. The molecule has 1 unspecified atom stereocenters. The Hall–Kier alpha value is -6.18. The van der Waals surface area contributed by atoms with Crippen LogP contribution >= 0.6 is 8.53 Å². The first kappa shape index (κ1) is 48.7. The number of carbonyl (C=O) groups excluding carboxylic acids is 2. The van der Waals surface area contributed by atoms with Gasteiger partial charge < -0.3 is 43.5 Å². The minimum Gasteiger partial charge on any atom is -0.497 e. The number of nitrogens with zero attached hydrogens (tertiary/aromatic N) is 5. The molecule has 0 saturated carbocycles. The number of rotatable bonds is 19. The molecule has 5 atom stereocenters. The van der Waals surface area contributed by atoms with Crippen LogP contribution in [0.1, 0.15) is 73.0 Å². The van der Waals surface area contributed by atoms with Crippen molar-refractivity contribution in [2.45, 2.75) is 82.7 Å². The molecule has 2 aliphatic heterocycles. The van der Waals surface area contributed by atoms with Gasteiger partial charge in [0.1, 0.15) is 40.7 Å². The molecule has 2 fully saturated rings. The minimum atomic E-state index is -1.92. The van der Waals surface area contributed by atoms with Crippen LogP contribution in [0, 0.1) is 18.3 Å². The number of nitrogens with one attached hydrogen (secondary N) is 2. The second-order valence-corrected chi connectivity index (χ2v) is 18.3. The van der Waals surface area contributed by atoms with Gasteiger partial charge in [-0.3, -0.25) is 9.36 Å². The van der Waals surface area contributed by atoms with E-state index in [1.165, 1.54) is 11.6 Å². The van der Waals surface area contributed by atoms with Crippen LogP contribution in [0.5, 0.6) is 11.5 Å². The molecule has 16 nitrogen and oxygen atoms in total. The van der Waals surface area contributed by atoms with E-state index in [-0.39, 0.29) is 44.1 Å². The summed E-state index contributed by atoms with van der Waals surface area (Å²) in [7, 11) is 2.83. The zero-order valence-corrected chi connectivity index (χ0v) is 39.9. The van der Waals surface area contributed by atoms with Gasteiger partial charge in [-0.2, -0.15) is 10.2 Å². The number of urea groups is 1. The fourth-order valence-electron chi connectivity index (χ4n) is 8.91. The minimum absolute atomic E-state index is 0.00823. The van der Waals surface area contributed by atoms with Crippen molar-refractivity contribution in [2.75, 3.05) is 46.3 Å². The molecular weight excluding hydrogens is 874 g/mol. The van der Waals surface area contributed by atoms with Crippen LogP contribution < -0.4 is 25.8 Å². The summed E-state index contributed by atoms with van der Waals surface area (Å²) in [6.07, 6.45) is -0.450. The molecule has 2 N–H and O–H groups in total. The molecule has 17 heteroatoms. The topological polar surface area (TPSA) is 179 Å². The highest BCUT2D eigenvalue weighted by molar-refractivity contribution is 7.44. The summed E-state index contributed by atoms with van der Waals surface area (Å²) in [6, 6.07) is 34.4. The lowest BCUT2D eigenvalue weighted by molar-refractivity contribution is -0.172. The zero-order chi connectivity index (χ0) is 47.9. The third-order valence-electron chi connectivity index (χ3n) is 12.0. The van der Waals surface area contributed by atoms with E-state index in [4.69, 9.17) is 28.0 Å². The number of hydrogen-bond acceptors (Lipinski definition) is 12. The van der Waals surface area contributed by atoms with Crippen LogP contribution in [0.3, 0.4) is 0 Å². The number of nitriles is 1. The van der Waals surface area contributed by atoms with Gasteiger partial charge in [0.25, 0.3) is 14.4 Å². The van der Waals surface area contributed by atoms with E-state index in [1.54, 1.807) is 62.6 Å². The van der Waals surface area contributed by atoms with Crippen LogP contribution in [0.2, 0.25) is 0 Å². The second kappa shape index (κ2) is 21.2. The van der Waals surface area contributed by atoms with Crippen molar-refractivity contribution < 1.29 is 37.6 Å². The van der Waals surface area contributed by atoms with E-state index >= 15 is 0 Å². The predicted molar refractivity (Wildman–Crippen MR) is 254 cm³/mol. The van der Waals surface area contributed by atoms with Crippen molar-refractivity contribution in [1.29, 1.82) is 5.26 Å². The van der Waals surface area contributed by atoms with Crippen LogP contribution in [0.15, 0.2) is 120 Å². The number of benzene rings is 4. The third kappa shape index (κ3) is 9.94. The predicted octanol–water partition coefficient (Wildman–Crippen LogP) is 7.78. The molecule has 4 aromatic carbocycles. The molecule has 2 aliphatic rings. The fourth-order valence-corrected chi connectivity index (χ4v) is 10.7. The van der Waals surface area contributed by atoms with Crippen molar-refractivity contribution in [3.63, 3.8) is 0 Å². The number of likely N-dealkylation sites (tertiary alicyclic amines) is 1. The van der Waals surface area contributed by atoms with E-state index in [1.807, 2.05) is 107 Å². The molecule has 0 aliphatic carbocycles. The van der Waals surface area contributed by atoms with Crippen molar-refractivity contribution in [2.24, 2.45) is 0 Å². The monoisotopic (exact) mass is 931 g/mol. The van der Waals surface area contributed by atoms with Crippen LogP contribution in [0.25, 0.3) is 0 Å². The average molecular weight is 932 g/mol. The quantitative estimate of drug-likeness (QED) is 0.0468. The Morgan fingerprint density at radius 2 is 1.48 bits per heavy atom. The number of aryl methyl sites for hydroxylation is 1. The Kier molecular flexibility index (Phi) is 15.4. The molecule has 67 heavy (non-hydrogen) atoms. The van der Waals surface area contributed by atoms with Gasteiger partial charge in [0.2, 0.25) is 0 Å². The van der Waals surface area contributed by atoms with Gasteiger partial charge >= 0.3 is 11.7 Å². The van der Waals surface area contributed by atoms with E-state index in [0.717, 1.165) is 16.7 Å². The van der Waals surface area contributed by atoms with Crippen LogP contribution in [-0.2, 0) is 24.1 Å². The second-order valence-electron chi connectivity index (χ2n) is 16.9. The molecule has 3 amide bonds. The Balaban J connectivity index is 1.40. The largest absolute Gasteiger partial charge is 0.497 e. The summed E-state index contributed by atoms with van der Waals surface area (Å²) in [4.78, 5) is 47.7. The smallest absolute Gasteiger partial charge is 0.351 e. The Labute approximate surface area is 392 Å². The van der Waals surface area contributed by atoms with Crippen molar-refractivity contribution in [1.82, 2.24) is 24.4 Å². The molecule has 5 aromatic rings. The third-order valence-corrected chi connectivity index (χ3v) is 14.1. The van der Waals surface area contributed by atoms with Crippen molar-refractivity contribution >= 4 is 26.3 Å². The normalized spacial score (nSPS) is 19.4. The average Bonchev–Trinajstić information content (AvgIpc) is 3.81. The van der Waals surface area contributed by atoms with Gasteiger partial charge in [-0.15, -0.1) is 0 Å². The molecule has 352 valence electrons. The highest BCUT2D eigenvalue weighted by Gasteiger charge is 2.68. The Bertz CT molecular complexity index is 2520. The van der Waals surface area contributed by atoms with Crippen LogP contribution in [-0.4, -0.2) is 102 Å². The number of aromatic nitrogens is 2. The summed E-state index contributed by atoms with van der Waals surface area (Å²) in [5.74, 6) is 0.954. The Morgan fingerprint density at radius 1 is 0.910 bits per heavy atom. The summed E-state index contributed by atoms with van der Waals surface area (Å²) in [5, 5.41) is 15.1. The number of anilines is 1. The van der Waals surface area contributed by atoms with E-state index in [2.05, 4.69) is 26.4 Å². The molecule has 7 rings (SSSR count). The molecule has 0 spiro atoms. The van der Waals surface area contributed by atoms with Gasteiger partial charge in [0, 0.05) is 36.5 Å². The molecule has 0 radical (unpaired) electrons. The molecule has 2 bridgehead atoms. The number of ether oxygens (including phenoxy) is 4. The summed E-state index contributed by atoms with van der Waals surface area (Å²) in [5.41, 5.74) is -0.304.